The minimum absolute atomic E-state index is 0.167. The molecular formula is C13H21NO2. The molecule has 0 aromatic rings. The quantitative estimate of drug-likeness (QED) is 0.530. The Bertz CT molecular complexity index is 282. The van der Waals surface area contributed by atoms with E-state index in [9.17, 15) is 4.79 Å². The van der Waals surface area contributed by atoms with Crippen molar-refractivity contribution in [2.24, 2.45) is 0 Å². The van der Waals surface area contributed by atoms with Crippen molar-refractivity contribution in [3.63, 3.8) is 0 Å². The van der Waals surface area contributed by atoms with Crippen LogP contribution in [0, 0.1) is 0 Å². The second kappa shape index (κ2) is 5.00. The fourth-order valence-electron chi connectivity index (χ4n) is 2.94. The van der Waals surface area contributed by atoms with Gasteiger partial charge < -0.3 is 4.74 Å². The van der Waals surface area contributed by atoms with Gasteiger partial charge >= 0.3 is 5.97 Å². The van der Waals surface area contributed by atoms with E-state index in [2.05, 4.69) is 11.9 Å². The van der Waals surface area contributed by atoms with Crippen molar-refractivity contribution < 1.29 is 9.53 Å². The van der Waals surface area contributed by atoms with Crippen LogP contribution in [0.5, 0.6) is 0 Å². The summed E-state index contributed by atoms with van der Waals surface area (Å²) >= 11 is 0. The molecule has 0 spiro atoms. The van der Waals surface area contributed by atoms with Crippen molar-refractivity contribution in [1.29, 1.82) is 0 Å². The van der Waals surface area contributed by atoms with Gasteiger partial charge in [0.15, 0.2) is 0 Å². The van der Waals surface area contributed by atoms with Gasteiger partial charge in [0, 0.05) is 18.2 Å². The number of hydrogen-bond donors (Lipinski definition) is 0. The molecule has 3 heteroatoms. The van der Waals surface area contributed by atoms with Gasteiger partial charge in [0.25, 0.3) is 0 Å². The van der Waals surface area contributed by atoms with Crippen molar-refractivity contribution in [1.82, 2.24) is 4.90 Å². The predicted octanol–water partition coefficient (Wildman–Crippen LogP) is 2.12. The lowest BCUT2D eigenvalue weighted by Gasteiger charge is -2.44. The van der Waals surface area contributed by atoms with Crippen LogP contribution in [0.1, 0.15) is 39.0 Å². The highest BCUT2D eigenvalue weighted by Crippen LogP contribution is 2.35. The van der Waals surface area contributed by atoms with Gasteiger partial charge in [-0.05, 0) is 39.7 Å². The topological polar surface area (TPSA) is 29.5 Å². The van der Waals surface area contributed by atoms with Crippen molar-refractivity contribution in [2.45, 2.75) is 51.1 Å². The van der Waals surface area contributed by atoms with Gasteiger partial charge in [-0.2, -0.15) is 0 Å². The molecule has 2 heterocycles. The van der Waals surface area contributed by atoms with Gasteiger partial charge in [-0.1, -0.05) is 12.0 Å². The molecule has 2 rings (SSSR count). The number of nitrogens with zero attached hydrogens (tertiary/aromatic N) is 1. The lowest BCUT2D eigenvalue weighted by atomic mass is 9.82. The van der Waals surface area contributed by atoms with E-state index in [4.69, 9.17) is 4.74 Å². The van der Waals surface area contributed by atoms with Crippen LogP contribution in [-0.4, -0.2) is 36.6 Å². The summed E-state index contributed by atoms with van der Waals surface area (Å²) in [6, 6.07) is 1.29. The molecule has 2 unspecified atom stereocenters. The lowest BCUT2D eigenvalue weighted by molar-refractivity contribution is -0.137. The van der Waals surface area contributed by atoms with Crippen LogP contribution in [0.4, 0.5) is 0 Å². The molecule has 16 heavy (non-hydrogen) atoms. The first-order chi connectivity index (χ1) is 7.70. The molecule has 0 aromatic heterocycles. The molecule has 0 aliphatic carbocycles. The predicted molar refractivity (Wildman–Crippen MR) is 63.1 cm³/mol. The third-order valence-corrected chi connectivity index (χ3v) is 3.83. The summed E-state index contributed by atoms with van der Waals surface area (Å²) in [7, 11) is 2.22. The van der Waals surface area contributed by atoms with Crippen LogP contribution in [-0.2, 0) is 9.53 Å². The molecule has 2 aliphatic rings. The summed E-state index contributed by atoms with van der Waals surface area (Å²) in [6.45, 7) is 2.31. The average Bonchev–Trinajstić information content (AvgIpc) is 2.20. The Balaban J connectivity index is 2.01. The van der Waals surface area contributed by atoms with E-state index < -0.39 is 0 Å². The number of rotatable bonds is 2. The van der Waals surface area contributed by atoms with E-state index in [1.807, 2.05) is 6.92 Å². The third-order valence-electron chi connectivity index (χ3n) is 3.83. The Morgan fingerprint density at radius 2 is 2.06 bits per heavy atom. The van der Waals surface area contributed by atoms with Crippen LogP contribution in [0.15, 0.2) is 11.6 Å². The van der Waals surface area contributed by atoms with Crippen LogP contribution < -0.4 is 0 Å². The lowest BCUT2D eigenvalue weighted by Crippen LogP contribution is -2.47. The smallest absolute Gasteiger partial charge is 0.330 e. The highest BCUT2D eigenvalue weighted by Gasteiger charge is 2.33. The molecule has 2 atom stereocenters. The minimum atomic E-state index is -0.167. The van der Waals surface area contributed by atoms with Crippen LogP contribution in [0.25, 0.3) is 0 Å². The van der Waals surface area contributed by atoms with Gasteiger partial charge in [-0.15, -0.1) is 0 Å². The highest BCUT2D eigenvalue weighted by molar-refractivity contribution is 5.82. The van der Waals surface area contributed by atoms with E-state index in [0.29, 0.717) is 18.7 Å². The summed E-state index contributed by atoms with van der Waals surface area (Å²) in [5.74, 6) is -0.167. The number of hydrogen-bond acceptors (Lipinski definition) is 3. The third kappa shape index (κ3) is 2.46. The summed E-state index contributed by atoms with van der Waals surface area (Å²) in [5, 5.41) is 0. The molecule has 2 fully saturated rings. The second-order valence-electron chi connectivity index (χ2n) is 4.87. The standard InChI is InChI=1S/C13H21NO2/c1-3-16-13(15)9-10-7-11-5-4-6-12(8-10)14(11)2/h9,11-12H,3-8H2,1-2H3. The number of fused-ring (bicyclic) bond motifs is 2. The first-order valence-corrected chi connectivity index (χ1v) is 6.29. The van der Waals surface area contributed by atoms with Crippen molar-refractivity contribution in [3.05, 3.63) is 11.6 Å². The van der Waals surface area contributed by atoms with Gasteiger partial charge in [0.1, 0.15) is 0 Å². The average molecular weight is 223 g/mol. The van der Waals surface area contributed by atoms with Gasteiger partial charge in [-0.25, -0.2) is 4.79 Å². The molecule has 2 aliphatic heterocycles. The SMILES string of the molecule is CCOC(=O)C=C1CC2CCCC(C1)N2C. The first-order valence-electron chi connectivity index (χ1n) is 6.29. The van der Waals surface area contributed by atoms with E-state index in [1.54, 1.807) is 6.08 Å². The van der Waals surface area contributed by atoms with E-state index >= 15 is 0 Å². The number of piperidine rings is 2. The number of carbonyl (C=O) groups is 1. The Hall–Kier alpha value is -0.830. The molecule has 0 N–H and O–H groups in total. The molecule has 0 aromatic carbocycles. The van der Waals surface area contributed by atoms with E-state index in [1.165, 1.54) is 24.8 Å². The van der Waals surface area contributed by atoms with Crippen molar-refractivity contribution in [3.8, 4) is 0 Å². The Morgan fingerprint density at radius 3 is 2.62 bits per heavy atom. The zero-order valence-corrected chi connectivity index (χ0v) is 10.2. The molecule has 2 saturated heterocycles. The maximum Gasteiger partial charge on any atom is 0.330 e. The summed E-state index contributed by atoms with van der Waals surface area (Å²) in [6.07, 6.45) is 7.70. The van der Waals surface area contributed by atoms with E-state index in [-0.39, 0.29) is 5.97 Å². The zero-order valence-electron chi connectivity index (χ0n) is 10.2. The molecule has 0 saturated carbocycles. The normalized spacial score (nSPS) is 30.0. The molecule has 0 radical (unpaired) electrons. The highest BCUT2D eigenvalue weighted by atomic mass is 16.5. The van der Waals surface area contributed by atoms with Gasteiger partial charge in [0.05, 0.1) is 6.61 Å². The molecule has 0 amide bonds. The summed E-state index contributed by atoms with van der Waals surface area (Å²) < 4.78 is 4.96. The van der Waals surface area contributed by atoms with Crippen LogP contribution >= 0.6 is 0 Å². The first kappa shape index (κ1) is 11.6. The Labute approximate surface area is 97.5 Å². The molecule has 90 valence electrons. The maximum atomic E-state index is 11.4. The number of carbonyl (C=O) groups excluding carboxylic acids is 1. The molecular weight excluding hydrogens is 202 g/mol. The van der Waals surface area contributed by atoms with Crippen molar-refractivity contribution >= 4 is 5.97 Å². The minimum Gasteiger partial charge on any atom is -0.463 e. The zero-order chi connectivity index (χ0) is 11.5. The fraction of sp³-hybridized carbons (Fsp3) is 0.769. The summed E-state index contributed by atoms with van der Waals surface area (Å²) in [5.41, 5.74) is 1.28. The molecule has 3 nitrogen and oxygen atoms in total. The fourth-order valence-corrected chi connectivity index (χ4v) is 2.94. The number of ether oxygens (including phenoxy) is 1. The van der Waals surface area contributed by atoms with Crippen LogP contribution in [0.2, 0.25) is 0 Å². The second-order valence-corrected chi connectivity index (χ2v) is 4.87. The van der Waals surface area contributed by atoms with Gasteiger partial charge in [-0.3, -0.25) is 4.90 Å². The van der Waals surface area contributed by atoms with Gasteiger partial charge in [0.2, 0.25) is 0 Å². The summed E-state index contributed by atoms with van der Waals surface area (Å²) in [4.78, 5) is 13.9. The number of esters is 1. The Kier molecular flexibility index (Phi) is 3.64. The maximum absolute atomic E-state index is 11.4. The Morgan fingerprint density at radius 1 is 1.44 bits per heavy atom. The monoisotopic (exact) mass is 223 g/mol. The van der Waals surface area contributed by atoms with Crippen LogP contribution in [0.3, 0.4) is 0 Å². The van der Waals surface area contributed by atoms with Crippen molar-refractivity contribution in [2.75, 3.05) is 13.7 Å². The largest absolute Gasteiger partial charge is 0.463 e. The van der Waals surface area contributed by atoms with E-state index in [0.717, 1.165) is 12.8 Å². The molecule has 2 bridgehead atoms.